The molecule has 1 fully saturated rings. The van der Waals surface area contributed by atoms with Gasteiger partial charge in [-0.05, 0) is 29.7 Å². The summed E-state index contributed by atoms with van der Waals surface area (Å²) in [5.41, 5.74) is 0.492. The summed E-state index contributed by atoms with van der Waals surface area (Å²) in [7, 11) is 0. The maximum atomic E-state index is 14.0. The smallest absolute Gasteiger partial charge is 0.270 e. The summed E-state index contributed by atoms with van der Waals surface area (Å²) in [4.78, 5) is 31.5. The van der Waals surface area contributed by atoms with E-state index in [0.29, 0.717) is 48.7 Å². The number of aromatic amines is 1. The monoisotopic (exact) mass is 399 g/mol. The molecule has 0 atom stereocenters. The van der Waals surface area contributed by atoms with E-state index in [1.54, 1.807) is 35.2 Å². The number of nitrogens with zero attached hydrogens (tertiary/aromatic N) is 2. The number of piperazine rings is 1. The number of hydrogen-bond donors (Lipinski definition) is 1. The number of hydrogen-bond acceptors (Lipinski definition) is 3. The molecule has 2 aromatic carbocycles. The van der Waals surface area contributed by atoms with Crippen molar-refractivity contribution in [2.45, 2.75) is 6.54 Å². The van der Waals surface area contributed by atoms with E-state index < -0.39 is 0 Å². The number of aromatic nitrogens is 1. The average molecular weight is 400 g/mol. The third kappa shape index (κ3) is 3.66. The zero-order chi connectivity index (χ0) is 19.7. The number of benzene rings is 2. The summed E-state index contributed by atoms with van der Waals surface area (Å²) in [5.74, 6) is -0.522. The van der Waals surface area contributed by atoms with E-state index in [4.69, 9.17) is 11.6 Å². The molecule has 5 nitrogen and oxygen atoms in total. The number of carbonyl (C=O) groups is 1. The molecule has 3 aromatic rings. The Morgan fingerprint density at radius 2 is 1.82 bits per heavy atom. The van der Waals surface area contributed by atoms with Crippen LogP contribution in [-0.4, -0.2) is 46.9 Å². The van der Waals surface area contributed by atoms with Crippen molar-refractivity contribution in [1.29, 1.82) is 0 Å². The van der Waals surface area contributed by atoms with Crippen molar-refractivity contribution in [3.8, 4) is 0 Å². The first-order valence-corrected chi connectivity index (χ1v) is 9.47. The fourth-order valence-electron chi connectivity index (χ4n) is 3.51. The molecular weight excluding hydrogens is 381 g/mol. The largest absolute Gasteiger partial charge is 0.335 e. The third-order valence-corrected chi connectivity index (χ3v) is 5.44. The highest BCUT2D eigenvalue weighted by molar-refractivity contribution is 6.31. The quantitative estimate of drug-likeness (QED) is 0.735. The SMILES string of the molecule is O=C(c1cc2ccccc2c(=O)[nH]1)N1CCN(Cc2c(F)cccc2Cl)CC1. The number of pyridine rings is 1. The summed E-state index contributed by atoms with van der Waals surface area (Å²) in [6.45, 7) is 2.61. The fourth-order valence-corrected chi connectivity index (χ4v) is 3.74. The van der Waals surface area contributed by atoms with Crippen LogP contribution in [0.2, 0.25) is 5.02 Å². The second kappa shape index (κ2) is 7.73. The van der Waals surface area contributed by atoms with Gasteiger partial charge in [-0.2, -0.15) is 0 Å². The molecule has 0 aliphatic carbocycles. The van der Waals surface area contributed by atoms with E-state index in [0.717, 1.165) is 5.39 Å². The molecular formula is C21H19ClFN3O2. The van der Waals surface area contributed by atoms with Gasteiger partial charge in [0.2, 0.25) is 0 Å². The Labute approximate surface area is 166 Å². The molecule has 1 aliphatic rings. The standard InChI is InChI=1S/C21H19ClFN3O2/c22-17-6-3-7-18(23)16(17)13-25-8-10-26(11-9-25)21(28)19-12-14-4-1-2-5-15(14)20(27)24-19/h1-7,12H,8-11,13H2,(H,24,27). The molecule has 28 heavy (non-hydrogen) atoms. The highest BCUT2D eigenvalue weighted by Crippen LogP contribution is 2.21. The van der Waals surface area contributed by atoms with Crippen LogP contribution in [0.3, 0.4) is 0 Å². The van der Waals surface area contributed by atoms with E-state index in [1.807, 2.05) is 12.1 Å². The Kier molecular flexibility index (Phi) is 5.15. The number of nitrogens with one attached hydrogen (secondary N) is 1. The van der Waals surface area contributed by atoms with Gasteiger partial charge in [-0.1, -0.05) is 35.9 Å². The molecule has 4 rings (SSSR count). The van der Waals surface area contributed by atoms with Crippen LogP contribution in [0.4, 0.5) is 4.39 Å². The van der Waals surface area contributed by atoms with E-state index >= 15 is 0 Å². The minimum atomic E-state index is -0.320. The average Bonchev–Trinajstić information content (AvgIpc) is 2.71. The van der Waals surface area contributed by atoms with Gasteiger partial charge < -0.3 is 9.88 Å². The van der Waals surface area contributed by atoms with Gasteiger partial charge >= 0.3 is 0 Å². The third-order valence-electron chi connectivity index (χ3n) is 5.09. The second-order valence-electron chi connectivity index (χ2n) is 6.87. The number of fused-ring (bicyclic) bond motifs is 1. The van der Waals surface area contributed by atoms with Crippen LogP contribution >= 0.6 is 11.6 Å². The van der Waals surface area contributed by atoms with Crippen LogP contribution in [0, 0.1) is 5.82 Å². The second-order valence-corrected chi connectivity index (χ2v) is 7.28. The number of rotatable bonds is 3. The maximum Gasteiger partial charge on any atom is 0.270 e. The molecule has 0 spiro atoms. The van der Waals surface area contributed by atoms with Crippen molar-refractivity contribution >= 4 is 28.3 Å². The summed E-state index contributed by atoms with van der Waals surface area (Å²) < 4.78 is 14.0. The molecule has 1 N–H and O–H groups in total. The van der Waals surface area contributed by atoms with Crippen LogP contribution < -0.4 is 5.56 Å². The number of amides is 1. The Bertz CT molecular complexity index is 1070. The number of halogens is 2. The normalized spacial score (nSPS) is 15.1. The van der Waals surface area contributed by atoms with Crippen molar-refractivity contribution in [3.05, 3.63) is 81.0 Å². The van der Waals surface area contributed by atoms with Crippen molar-refractivity contribution in [2.24, 2.45) is 0 Å². The molecule has 1 aliphatic heterocycles. The Morgan fingerprint density at radius 3 is 2.57 bits per heavy atom. The molecule has 0 saturated carbocycles. The lowest BCUT2D eigenvalue weighted by Crippen LogP contribution is -2.48. The van der Waals surface area contributed by atoms with Crippen LogP contribution in [0.1, 0.15) is 16.1 Å². The zero-order valence-corrected chi connectivity index (χ0v) is 15.9. The van der Waals surface area contributed by atoms with Crippen molar-refractivity contribution in [1.82, 2.24) is 14.8 Å². The first-order valence-electron chi connectivity index (χ1n) is 9.09. The Balaban J connectivity index is 1.45. The zero-order valence-electron chi connectivity index (χ0n) is 15.1. The van der Waals surface area contributed by atoms with Crippen molar-refractivity contribution in [2.75, 3.05) is 26.2 Å². The van der Waals surface area contributed by atoms with Gasteiger partial charge in [0.25, 0.3) is 11.5 Å². The summed E-state index contributed by atoms with van der Waals surface area (Å²) in [6.07, 6.45) is 0. The molecule has 2 heterocycles. The van der Waals surface area contributed by atoms with Gasteiger partial charge in [-0.15, -0.1) is 0 Å². The molecule has 144 valence electrons. The highest BCUT2D eigenvalue weighted by Gasteiger charge is 2.24. The van der Waals surface area contributed by atoms with Gasteiger partial charge in [0, 0.05) is 48.7 Å². The van der Waals surface area contributed by atoms with Crippen LogP contribution in [0.15, 0.2) is 53.3 Å². The van der Waals surface area contributed by atoms with Gasteiger partial charge in [0.15, 0.2) is 0 Å². The van der Waals surface area contributed by atoms with Crippen molar-refractivity contribution in [3.63, 3.8) is 0 Å². The van der Waals surface area contributed by atoms with Gasteiger partial charge in [-0.25, -0.2) is 4.39 Å². The summed E-state index contributed by atoms with van der Waals surface area (Å²) >= 11 is 6.11. The number of H-pyrrole nitrogens is 1. The molecule has 7 heteroatoms. The minimum Gasteiger partial charge on any atom is -0.335 e. The summed E-state index contributed by atoms with van der Waals surface area (Å²) in [5, 5.41) is 1.71. The van der Waals surface area contributed by atoms with Gasteiger partial charge in [-0.3, -0.25) is 14.5 Å². The number of carbonyl (C=O) groups excluding carboxylic acids is 1. The predicted molar refractivity (Wildman–Crippen MR) is 107 cm³/mol. The Hall–Kier alpha value is -2.70. The first kappa shape index (κ1) is 18.7. The lowest BCUT2D eigenvalue weighted by atomic mass is 10.1. The molecule has 0 radical (unpaired) electrons. The van der Waals surface area contributed by atoms with E-state index in [2.05, 4.69) is 9.88 Å². The topological polar surface area (TPSA) is 56.4 Å². The molecule has 0 unspecified atom stereocenters. The molecule has 0 bridgehead atoms. The minimum absolute atomic E-state index is 0.202. The van der Waals surface area contributed by atoms with E-state index in [-0.39, 0.29) is 23.0 Å². The molecule has 1 aromatic heterocycles. The van der Waals surface area contributed by atoms with Crippen molar-refractivity contribution < 1.29 is 9.18 Å². The Morgan fingerprint density at radius 1 is 1.07 bits per heavy atom. The lowest BCUT2D eigenvalue weighted by Gasteiger charge is -2.34. The molecule has 1 amide bonds. The van der Waals surface area contributed by atoms with Crippen LogP contribution in [0.25, 0.3) is 10.8 Å². The highest BCUT2D eigenvalue weighted by atomic mass is 35.5. The first-order chi connectivity index (χ1) is 13.5. The van der Waals surface area contributed by atoms with Gasteiger partial charge in [0.1, 0.15) is 11.5 Å². The molecule has 1 saturated heterocycles. The fraction of sp³-hybridized carbons (Fsp3) is 0.238. The van der Waals surface area contributed by atoms with E-state index in [9.17, 15) is 14.0 Å². The lowest BCUT2D eigenvalue weighted by molar-refractivity contribution is 0.0621. The summed E-state index contributed by atoms with van der Waals surface area (Å²) in [6, 6.07) is 13.6. The predicted octanol–water partition coefficient (Wildman–Crippen LogP) is 3.28. The van der Waals surface area contributed by atoms with E-state index in [1.165, 1.54) is 6.07 Å². The van der Waals surface area contributed by atoms with Crippen LogP contribution in [0.5, 0.6) is 0 Å². The van der Waals surface area contributed by atoms with Crippen LogP contribution in [-0.2, 0) is 6.54 Å². The maximum absolute atomic E-state index is 14.0. The van der Waals surface area contributed by atoms with Gasteiger partial charge in [0.05, 0.1) is 0 Å².